The van der Waals surface area contributed by atoms with E-state index in [4.69, 9.17) is 9.47 Å². The highest BCUT2D eigenvalue weighted by Gasteiger charge is 2.48. The van der Waals surface area contributed by atoms with Crippen molar-refractivity contribution in [2.45, 2.75) is 104 Å². The van der Waals surface area contributed by atoms with E-state index in [-0.39, 0.29) is 36.7 Å². The number of benzene rings is 2. The molecule has 19 heteroatoms. The summed E-state index contributed by atoms with van der Waals surface area (Å²) in [4.78, 5) is 91.8. The second-order valence-corrected chi connectivity index (χ2v) is 19.9. The average Bonchev–Trinajstić information content (AvgIpc) is 4.12. The van der Waals surface area contributed by atoms with Crippen molar-refractivity contribution in [2.75, 3.05) is 39.7 Å². The van der Waals surface area contributed by atoms with Gasteiger partial charge in [-0.1, -0.05) is 39.8 Å². The maximum atomic E-state index is 14.8. The summed E-state index contributed by atoms with van der Waals surface area (Å²) in [7, 11) is 4.37. The van der Waals surface area contributed by atoms with Gasteiger partial charge in [-0.2, -0.15) is 0 Å². The van der Waals surface area contributed by atoms with Crippen LogP contribution in [0.4, 0.5) is 5.69 Å². The Morgan fingerprint density at radius 3 is 2.51 bits per heavy atom. The van der Waals surface area contributed by atoms with Crippen molar-refractivity contribution >= 4 is 52.2 Å². The summed E-state index contributed by atoms with van der Waals surface area (Å²) in [6.07, 6.45) is 6.27. The molecule has 3 aromatic heterocycles. The summed E-state index contributed by atoms with van der Waals surface area (Å²) >= 11 is 0. The van der Waals surface area contributed by atoms with Crippen LogP contribution >= 0.6 is 0 Å². The first-order chi connectivity index (χ1) is 34.4. The molecular weight excluding hydrogens is 923 g/mol. The molecule has 0 aliphatic carbocycles. The van der Waals surface area contributed by atoms with E-state index in [9.17, 15) is 33.9 Å². The van der Waals surface area contributed by atoms with Crippen LogP contribution in [0.25, 0.3) is 33.3 Å². The number of carbonyl (C=O) groups excluding carboxylic acids is 6. The molecule has 3 aliphatic rings. The van der Waals surface area contributed by atoms with Gasteiger partial charge in [0.25, 0.3) is 11.8 Å². The number of esters is 2. The third-order valence-electron chi connectivity index (χ3n) is 13.5. The number of rotatable bonds is 12. The molecule has 4 amide bonds. The Labute approximate surface area is 418 Å². The number of carbonyl (C=O) groups is 6. The van der Waals surface area contributed by atoms with Gasteiger partial charge < -0.3 is 39.4 Å². The molecule has 0 unspecified atom stereocenters. The van der Waals surface area contributed by atoms with Gasteiger partial charge in [-0.25, -0.2) is 10.4 Å². The molecule has 3 aliphatic heterocycles. The van der Waals surface area contributed by atoms with E-state index in [0.717, 1.165) is 38.9 Å². The fraction of sp³-hybridized carbons (Fsp3) is 0.434. The topological polar surface area (TPSA) is 246 Å². The summed E-state index contributed by atoms with van der Waals surface area (Å²) in [6.45, 7) is 11.1. The third kappa shape index (κ3) is 10.8. The number of hydrazine groups is 1. The van der Waals surface area contributed by atoms with Gasteiger partial charge in [0.2, 0.25) is 11.8 Å². The van der Waals surface area contributed by atoms with Crippen molar-refractivity contribution < 1.29 is 48.1 Å². The van der Waals surface area contributed by atoms with Crippen LogP contribution in [0.2, 0.25) is 0 Å². The number of methoxy groups -OCH3 is 2. The van der Waals surface area contributed by atoms with E-state index in [0.29, 0.717) is 43.5 Å². The Balaban J connectivity index is 1.13. The highest BCUT2D eigenvalue weighted by Crippen LogP contribution is 2.41. The zero-order valence-electron chi connectivity index (χ0n) is 41.9. The Kier molecular flexibility index (Phi) is 15.1. The number of hydrogen-bond donors (Lipinski definition) is 5. The molecule has 72 heavy (non-hydrogen) atoms. The van der Waals surface area contributed by atoms with Crippen LogP contribution in [0.15, 0.2) is 73.2 Å². The molecule has 2 fully saturated rings. The van der Waals surface area contributed by atoms with Crippen LogP contribution in [-0.2, 0) is 64.2 Å². The standard InChI is InChI=1S/C53H63N9O10/c1-9-61-42-15-12-31-23-36(42)37(46(61)38-26-54-17-16-32(38)27-70-7)24-53(4,5)28-72-51(68)40-11-10-18-62(59-40)50(67)41(21-30-19-33(31)22-35(63)20-30)57-48(65)45(29(2)3)60(6)49(66)39-14-13-34(25-55-39)56-47(64)43-44(58-43)52(69)71-8/h12-17,19-20,22-23,25-26,29,40-41,43-45,58-59,63H,9-11,18,21,24,27-28H2,1-8H3,(H,56,64)(H,57,65)/t40-,41-,43-,44-,45-/m0/s1. The molecule has 8 rings (SSSR count). The molecule has 2 saturated heterocycles. The lowest BCUT2D eigenvalue weighted by Crippen LogP contribution is -2.62. The van der Waals surface area contributed by atoms with Crippen LogP contribution < -0.4 is 21.4 Å². The fourth-order valence-electron chi connectivity index (χ4n) is 9.93. The number of cyclic esters (lactones) is 1. The first-order valence-electron chi connectivity index (χ1n) is 24.2. The van der Waals surface area contributed by atoms with Gasteiger partial charge in [-0.3, -0.25) is 44.1 Å². The number of nitrogens with one attached hydrogen (secondary N) is 4. The van der Waals surface area contributed by atoms with Crippen LogP contribution in [0, 0.1) is 11.3 Å². The minimum absolute atomic E-state index is 0.00921. The van der Waals surface area contributed by atoms with Crippen molar-refractivity contribution in [3.8, 4) is 28.1 Å². The van der Waals surface area contributed by atoms with E-state index in [2.05, 4.69) is 73.6 Å². The molecule has 5 N–H and O–H groups in total. The molecule has 5 atom stereocenters. The first-order valence-corrected chi connectivity index (χ1v) is 24.2. The molecular formula is C53H63N9O10. The Hall–Kier alpha value is -7.22. The van der Waals surface area contributed by atoms with Crippen molar-refractivity contribution in [1.29, 1.82) is 0 Å². The molecule has 5 aromatic rings. The fourth-order valence-corrected chi connectivity index (χ4v) is 9.93. The lowest BCUT2D eigenvalue weighted by Gasteiger charge is -2.36. The number of hydrogen-bond acceptors (Lipinski definition) is 14. The molecule has 2 aromatic carbocycles. The molecule has 6 heterocycles. The Bertz CT molecular complexity index is 2900. The van der Waals surface area contributed by atoms with Gasteiger partial charge in [0.15, 0.2) is 0 Å². The van der Waals surface area contributed by atoms with E-state index in [1.807, 2.05) is 24.4 Å². The second kappa shape index (κ2) is 21.2. The van der Waals surface area contributed by atoms with E-state index in [1.54, 1.807) is 39.3 Å². The van der Waals surface area contributed by atoms with Gasteiger partial charge in [0.1, 0.15) is 41.7 Å². The number of likely N-dealkylation sites (N-methyl/N-ethyl adjacent to an activating group) is 1. The molecule has 0 saturated carbocycles. The van der Waals surface area contributed by atoms with Gasteiger partial charge >= 0.3 is 11.9 Å². The van der Waals surface area contributed by atoms with E-state index in [1.165, 1.54) is 42.4 Å². The predicted molar refractivity (Wildman–Crippen MR) is 267 cm³/mol. The maximum absolute atomic E-state index is 14.8. The normalized spacial score (nSPS) is 20.3. The van der Waals surface area contributed by atoms with Crippen LogP contribution in [0.5, 0.6) is 5.75 Å². The lowest BCUT2D eigenvalue weighted by atomic mass is 9.84. The summed E-state index contributed by atoms with van der Waals surface area (Å²) in [5, 5.41) is 22.0. The van der Waals surface area contributed by atoms with Gasteiger partial charge in [0.05, 0.1) is 37.9 Å². The SMILES string of the molecule is CCn1c(-c2cnccc2COC)c2c3cc(ccc31)-c1cc(O)cc(c1)C[C@H](NC(=O)[C@H](C(C)C)N(C)C(=O)c1ccc(NC(=O)[C@H]3N[C@@H]3C(=O)OC)cn1)C(=O)N1CCC[C@H](N1)C(=O)OCC(C)(C)C2. The number of pyridine rings is 2. The maximum Gasteiger partial charge on any atom is 0.325 e. The molecule has 0 spiro atoms. The van der Waals surface area contributed by atoms with Gasteiger partial charge in [0, 0.05) is 67.9 Å². The number of phenolic OH excluding ortho intramolecular Hbond substituents is 1. The number of nitrogens with zero attached hydrogens (tertiary/aromatic N) is 5. The number of aromatic hydroxyl groups is 1. The Morgan fingerprint density at radius 1 is 1.01 bits per heavy atom. The minimum atomic E-state index is -1.23. The largest absolute Gasteiger partial charge is 0.508 e. The predicted octanol–water partition coefficient (Wildman–Crippen LogP) is 4.53. The Morgan fingerprint density at radius 2 is 1.81 bits per heavy atom. The quantitative estimate of drug-likeness (QED) is 0.0852. The van der Waals surface area contributed by atoms with Crippen LogP contribution in [-0.4, -0.2) is 130 Å². The summed E-state index contributed by atoms with van der Waals surface area (Å²) in [6, 6.07) is 11.5. The van der Waals surface area contributed by atoms with E-state index < -0.39 is 77.1 Å². The average molecular weight is 986 g/mol. The molecule has 0 radical (unpaired) electrons. The number of aromatic nitrogens is 3. The second-order valence-electron chi connectivity index (χ2n) is 19.9. The third-order valence-corrected chi connectivity index (χ3v) is 13.5. The summed E-state index contributed by atoms with van der Waals surface area (Å²) in [5.74, 6) is -3.76. The van der Waals surface area contributed by atoms with Gasteiger partial charge in [-0.15, -0.1) is 0 Å². The number of amides is 4. The molecule has 19 nitrogen and oxygen atoms in total. The number of fused-ring (bicyclic) bond motifs is 6. The number of aryl methyl sites for hydroxylation is 1. The van der Waals surface area contributed by atoms with Gasteiger partial charge in [-0.05, 0) is 102 Å². The molecule has 380 valence electrons. The zero-order chi connectivity index (χ0) is 51.6. The smallest absolute Gasteiger partial charge is 0.325 e. The summed E-state index contributed by atoms with van der Waals surface area (Å²) in [5.41, 5.74) is 9.77. The van der Waals surface area contributed by atoms with Crippen molar-refractivity contribution in [3.05, 3.63) is 95.6 Å². The summed E-state index contributed by atoms with van der Waals surface area (Å²) < 4.78 is 18.7. The highest BCUT2D eigenvalue weighted by molar-refractivity contribution is 6.03. The van der Waals surface area contributed by atoms with Crippen LogP contribution in [0.1, 0.15) is 74.6 Å². The van der Waals surface area contributed by atoms with E-state index >= 15 is 0 Å². The van der Waals surface area contributed by atoms with Crippen molar-refractivity contribution in [3.63, 3.8) is 0 Å². The number of ether oxygens (including phenoxy) is 3. The number of anilines is 1. The lowest BCUT2D eigenvalue weighted by molar-refractivity contribution is -0.155. The van der Waals surface area contributed by atoms with Crippen molar-refractivity contribution in [2.24, 2.45) is 11.3 Å². The highest BCUT2D eigenvalue weighted by atomic mass is 16.5. The minimum Gasteiger partial charge on any atom is -0.508 e. The monoisotopic (exact) mass is 985 g/mol. The molecule has 6 bridgehead atoms. The van der Waals surface area contributed by atoms with Crippen LogP contribution in [0.3, 0.4) is 0 Å². The number of phenols is 1. The van der Waals surface area contributed by atoms with Crippen molar-refractivity contribution in [1.82, 2.24) is 40.5 Å². The first kappa shape index (κ1) is 51.1. The zero-order valence-corrected chi connectivity index (χ0v) is 41.9.